The minimum Gasteiger partial charge on any atom is -0.353 e. The molecule has 1 N–H and O–H groups in total. The lowest BCUT2D eigenvalue weighted by molar-refractivity contribution is -0.120. The van der Waals surface area contributed by atoms with E-state index in [9.17, 15) is 9.59 Å². The highest BCUT2D eigenvalue weighted by atomic mass is 32.1. The van der Waals surface area contributed by atoms with Crippen molar-refractivity contribution in [2.45, 2.75) is 58.9 Å². The number of aryl methyl sites for hydroxylation is 2. The summed E-state index contributed by atoms with van der Waals surface area (Å²) in [4.78, 5) is 31.2. The van der Waals surface area contributed by atoms with Crippen molar-refractivity contribution in [2.24, 2.45) is 0 Å². The Morgan fingerprint density at radius 3 is 2.61 bits per heavy atom. The van der Waals surface area contributed by atoms with Crippen molar-refractivity contribution in [3.05, 3.63) is 68.7 Å². The Morgan fingerprint density at radius 1 is 1.21 bits per heavy atom. The molecule has 1 aliphatic rings. The first-order valence-electron chi connectivity index (χ1n) is 11.3. The second kappa shape index (κ2) is 8.26. The van der Waals surface area contributed by atoms with E-state index in [0.29, 0.717) is 33.5 Å². The Balaban J connectivity index is 1.54. The van der Waals surface area contributed by atoms with E-state index in [1.807, 2.05) is 30.0 Å². The Hall–Kier alpha value is -3.26. The third-order valence-electron chi connectivity index (χ3n) is 6.05. The van der Waals surface area contributed by atoms with Gasteiger partial charge in [-0.2, -0.15) is 5.10 Å². The average Bonchev–Trinajstić information content (AvgIpc) is 3.37. The summed E-state index contributed by atoms with van der Waals surface area (Å²) in [6, 6.07) is 10.5. The highest BCUT2D eigenvalue weighted by Gasteiger charge is 2.24. The molecule has 3 heterocycles. The lowest BCUT2D eigenvalue weighted by atomic mass is 10.0. The first-order valence-corrected chi connectivity index (χ1v) is 12.2. The van der Waals surface area contributed by atoms with Gasteiger partial charge in [-0.25, -0.2) is 9.67 Å². The molecular formula is C25H27N5O2S. The zero-order chi connectivity index (χ0) is 23.3. The molecule has 0 bridgehead atoms. The number of nitrogens with one attached hydrogen (secondary N) is 1. The smallest absolute Gasteiger partial charge is 0.268 e. The van der Waals surface area contributed by atoms with Gasteiger partial charge < -0.3 is 5.32 Å². The highest BCUT2D eigenvalue weighted by molar-refractivity contribution is 7.15. The second-order valence-corrected chi connectivity index (χ2v) is 9.91. The molecule has 1 aromatic carbocycles. The molecule has 0 spiro atoms. The summed E-state index contributed by atoms with van der Waals surface area (Å²) in [5.74, 6) is 0.399. The van der Waals surface area contributed by atoms with Crippen molar-refractivity contribution >= 4 is 22.2 Å². The van der Waals surface area contributed by atoms with E-state index in [-0.39, 0.29) is 23.9 Å². The van der Waals surface area contributed by atoms with Crippen molar-refractivity contribution in [3.8, 4) is 16.9 Å². The molecule has 4 aromatic rings. The summed E-state index contributed by atoms with van der Waals surface area (Å²) in [5, 5.41) is 9.60. The number of carbonyl (C=O) groups excluding carboxylic acids is 1. The quantitative estimate of drug-likeness (QED) is 0.467. The summed E-state index contributed by atoms with van der Waals surface area (Å²) >= 11 is 1.38. The van der Waals surface area contributed by atoms with Crippen molar-refractivity contribution < 1.29 is 4.79 Å². The summed E-state index contributed by atoms with van der Waals surface area (Å²) in [6.07, 6.45) is 2.22. The van der Waals surface area contributed by atoms with Crippen LogP contribution in [0.5, 0.6) is 0 Å². The van der Waals surface area contributed by atoms with Gasteiger partial charge >= 0.3 is 0 Å². The van der Waals surface area contributed by atoms with Crippen LogP contribution in [0.4, 0.5) is 0 Å². The summed E-state index contributed by atoms with van der Waals surface area (Å²) in [5.41, 5.74) is 5.31. The van der Waals surface area contributed by atoms with E-state index in [0.717, 1.165) is 24.2 Å². The van der Waals surface area contributed by atoms with E-state index in [1.165, 1.54) is 16.9 Å². The Labute approximate surface area is 196 Å². The molecule has 0 atom stereocenters. The Bertz CT molecular complexity index is 1410. The van der Waals surface area contributed by atoms with E-state index in [2.05, 4.69) is 48.4 Å². The maximum atomic E-state index is 13.6. The lowest BCUT2D eigenvalue weighted by Gasteiger charge is -2.08. The van der Waals surface area contributed by atoms with Gasteiger partial charge in [0.25, 0.3) is 5.56 Å². The fourth-order valence-electron chi connectivity index (χ4n) is 4.05. The van der Waals surface area contributed by atoms with Crippen LogP contribution >= 0.6 is 11.3 Å². The number of thiazole rings is 1. The fourth-order valence-corrected chi connectivity index (χ4v) is 4.98. The predicted octanol–water partition coefficient (Wildman–Crippen LogP) is 4.17. The van der Waals surface area contributed by atoms with Crippen molar-refractivity contribution in [3.63, 3.8) is 0 Å². The summed E-state index contributed by atoms with van der Waals surface area (Å²) < 4.78 is 3.41. The van der Waals surface area contributed by atoms with Crippen LogP contribution in [0.2, 0.25) is 0 Å². The van der Waals surface area contributed by atoms with Crippen LogP contribution in [-0.4, -0.2) is 31.1 Å². The Kier molecular flexibility index (Phi) is 5.40. The topological polar surface area (TPSA) is 81.3 Å². The third kappa shape index (κ3) is 4.11. The molecule has 7 nitrogen and oxygen atoms in total. The fraction of sp³-hybridized carbons (Fsp3) is 0.360. The molecule has 8 heteroatoms. The number of hydrogen-bond acceptors (Lipinski definition) is 5. The van der Waals surface area contributed by atoms with Gasteiger partial charge in [0.15, 0.2) is 4.96 Å². The van der Waals surface area contributed by atoms with Crippen LogP contribution in [0.25, 0.3) is 21.9 Å². The van der Waals surface area contributed by atoms with Crippen LogP contribution in [0.3, 0.4) is 0 Å². The third-order valence-corrected chi connectivity index (χ3v) is 6.93. The molecular weight excluding hydrogens is 434 g/mol. The number of carbonyl (C=O) groups is 1. The maximum Gasteiger partial charge on any atom is 0.268 e. The maximum absolute atomic E-state index is 13.6. The number of fused-ring (bicyclic) bond motifs is 1. The molecule has 0 unspecified atom stereocenters. The zero-order valence-corrected chi connectivity index (χ0v) is 20.1. The molecule has 1 saturated carbocycles. The molecule has 0 saturated heterocycles. The van der Waals surface area contributed by atoms with Crippen molar-refractivity contribution in [2.75, 3.05) is 0 Å². The molecule has 3 aromatic heterocycles. The SMILES string of the molecule is Cc1nc2scc(CC(=O)NC3CC3)n2c(=O)c1-c1cc(C)n(-c2ccc(C(C)C)cc2)n1. The lowest BCUT2D eigenvalue weighted by Crippen LogP contribution is -2.29. The van der Waals surface area contributed by atoms with Crippen LogP contribution in [0, 0.1) is 13.8 Å². The van der Waals surface area contributed by atoms with Crippen LogP contribution < -0.4 is 10.9 Å². The predicted molar refractivity (Wildman–Crippen MR) is 130 cm³/mol. The van der Waals surface area contributed by atoms with E-state index >= 15 is 0 Å². The normalized spacial score (nSPS) is 13.7. The molecule has 0 aliphatic heterocycles. The van der Waals surface area contributed by atoms with E-state index < -0.39 is 0 Å². The van der Waals surface area contributed by atoms with Gasteiger partial charge in [-0.05, 0) is 56.4 Å². The molecule has 1 fully saturated rings. The van der Waals surface area contributed by atoms with Crippen LogP contribution in [0.15, 0.2) is 40.5 Å². The number of rotatable bonds is 6. The second-order valence-electron chi connectivity index (χ2n) is 9.07. The molecule has 1 amide bonds. The highest BCUT2D eigenvalue weighted by Crippen LogP contribution is 2.25. The van der Waals surface area contributed by atoms with Crippen LogP contribution in [0.1, 0.15) is 55.3 Å². The van der Waals surface area contributed by atoms with Gasteiger partial charge in [0.05, 0.1) is 23.4 Å². The Morgan fingerprint density at radius 2 is 1.94 bits per heavy atom. The number of hydrogen-bond donors (Lipinski definition) is 1. The van der Waals surface area contributed by atoms with E-state index in [1.54, 1.807) is 4.40 Å². The van der Waals surface area contributed by atoms with Gasteiger partial charge in [0, 0.05) is 22.8 Å². The number of amides is 1. The standard InChI is InChI=1S/C25H27N5O2S/c1-14(2)17-5-9-19(10-6-17)30-15(3)11-21(28-30)23-16(4)26-25-29(24(23)32)20(13-33-25)12-22(31)27-18-7-8-18/h5-6,9-11,13-14,18H,7-8,12H2,1-4H3,(H,27,31). The van der Waals surface area contributed by atoms with Gasteiger partial charge in [0.2, 0.25) is 5.91 Å². The largest absolute Gasteiger partial charge is 0.353 e. The first-order chi connectivity index (χ1) is 15.8. The molecule has 0 radical (unpaired) electrons. The summed E-state index contributed by atoms with van der Waals surface area (Å²) in [6.45, 7) is 8.14. The summed E-state index contributed by atoms with van der Waals surface area (Å²) in [7, 11) is 0. The van der Waals surface area contributed by atoms with Gasteiger partial charge in [-0.15, -0.1) is 11.3 Å². The molecule has 5 rings (SSSR count). The molecule has 33 heavy (non-hydrogen) atoms. The van der Waals surface area contributed by atoms with Crippen molar-refractivity contribution in [1.29, 1.82) is 0 Å². The van der Waals surface area contributed by atoms with Gasteiger partial charge in [-0.3, -0.25) is 14.0 Å². The van der Waals surface area contributed by atoms with Gasteiger partial charge in [0.1, 0.15) is 5.69 Å². The molecule has 170 valence electrons. The average molecular weight is 462 g/mol. The van der Waals surface area contributed by atoms with Crippen LogP contribution in [-0.2, 0) is 11.2 Å². The minimum absolute atomic E-state index is 0.0591. The first kappa shape index (κ1) is 21.6. The van der Waals surface area contributed by atoms with Crippen molar-refractivity contribution in [1.82, 2.24) is 24.5 Å². The number of aromatic nitrogens is 4. The van der Waals surface area contributed by atoms with Gasteiger partial charge in [-0.1, -0.05) is 26.0 Å². The van der Waals surface area contributed by atoms with E-state index in [4.69, 9.17) is 5.10 Å². The number of benzene rings is 1. The monoisotopic (exact) mass is 461 g/mol. The molecule has 1 aliphatic carbocycles. The minimum atomic E-state index is -0.187. The number of nitrogens with zero attached hydrogens (tertiary/aromatic N) is 4. The zero-order valence-electron chi connectivity index (χ0n) is 19.3.